The molecule has 172 valence electrons. The monoisotopic (exact) mass is 464 g/mol. The smallest absolute Gasteiger partial charge is 0.294 e. The molecule has 1 aliphatic heterocycles. The van der Waals surface area contributed by atoms with E-state index in [1.165, 1.54) is 23.0 Å². The van der Waals surface area contributed by atoms with E-state index < -0.39 is 11.7 Å². The number of hydrogen-bond acceptors (Lipinski definition) is 5. The predicted molar refractivity (Wildman–Crippen MR) is 117 cm³/mol. The average molecular weight is 464 g/mol. The molecule has 0 atom stereocenters. The molecule has 0 saturated carbocycles. The van der Waals surface area contributed by atoms with Crippen LogP contribution in [0.15, 0.2) is 59.7 Å². The number of rotatable bonds is 4. The fraction of sp³-hybridized carbons (Fsp3) is 0.250. The molecule has 0 amide bonds. The van der Waals surface area contributed by atoms with E-state index >= 15 is 0 Å². The van der Waals surface area contributed by atoms with Gasteiger partial charge >= 0.3 is 6.18 Å². The Balaban J connectivity index is 1.47. The number of aromatic nitrogens is 4. The number of halogens is 3. The van der Waals surface area contributed by atoms with Crippen molar-refractivity contribution in [3.8, 4) is 6.07 Å². The van der Waals surface area contributed by atoms with Gasteiger partial charge in [-0.25, -0.2) is 4.52 Å². The fourth-order valence-corrected chi connectivity index (χ4v) is 4.35. The van der Waals surface area contributed by atoms with Gasteiger partial charge in [-0.05, 0) is 35.4 Å². The molecule has 0 fully saturated rings. The van der Waals surface area contributed by atoms with Gasteiger partial charge in [0.05, 0.1) is 35.0 Å². The van der Waals surface area contributed by atoms with E-state index in [2.05, 4.69) is 21.1 Å². The Morgan fingerprint density at radius 2 is 1.85 bits per heavy atom. The molecule has 1 aliphatic rings. The second kappa shape index (κ2) is 8.43. The van der Waals surface area contributed by atoms with Crippen molar-refractivity contribution in [1.82, 2.24) is 24.1 Å². The maximum absolute atomic E-state index is 13.5. The predicted octanol–water partition coefficient (Wildman–Crippen LogP) is 3.39. The van der Waals surface area contributed by atoms with E-state index in [0.717, 1.165) is 23.4 Å². The zero-order valence-electron chi connectivity index (χ0n) is 18.0. The summed E-state index contributed by atoms with van der Waals surface area (Å²) in [6, 6.07) is 14.3. The molecule has 34 heavy (non-hydrogen) atoms. The van der Waals surface area contributed by atoms with Gasteiger partial charge in [0.2, 0.25) is 5.78 Å². The molecule has 0 spiro atoms. The Hall–Kier alpha value is -3.97. The summed E-state index contributed by atoms with van der Waals surface area (Å²) in [6.45, 7) is 1.77. The van der Waals surface area contributed by atoms with E-state index in [1.807, 2.05) is 18.2 Å². The average Bonchev–Trinajstić information content (AvgIpc) is 3.31. The summed E-state index contributed by atoms with van der Waals surface area (Å²) in [6.07, 6.45) is -2.45. The van der Waals surface area contributed by atoms with Crippen molar-refractivity contribution >= 4 is 5.78 Å². The first-order valence-corrected chi connectivity index (χ1v) is 10.7. The highest BCUT2D eigenvalue weighted by atomic mass is 19.4. The van der Waals surface area contributed by atoms with Crippen molar-refractivity contribution in [1.29, 1.82) is 5.26 Å². The van der Waals surface area contributed by atoms with Crippen molar-refractivity contribution in [2.75, 3.05) is 6.54 Å². The van der Waals surface area contributed by atoms with Crippen molar-refractivity contribution in [3.63, 3.8) is 0 Å². The molecule has 2 aromatic carbocycles. The number of hydrogen-bond donors (Lipinski definition) is 0. The summed E-state index contributed by atoms with van der Waals surface area (Å²) in [4.78, 5) is 19.9. The Morgan fingerprint density at radius 3 is 2.59 bits per heavy atom. The SMILES string of the molecule is N#Cc1cccc(CN2CCc3c(c(=O)n(Cc4ccc(C(F)(F)F)cc4)c4ncnn34)C2)c1. The van der Waals surface area contributed by atoms with Crippen LogP contribution in [0, 0.1) is 11.3 Å². The Bertz CT molecular complexity index is 1460. The fourth-order valence-electron chi connectivity index (χ4n) is 4.35. The summed E-state index contributed by atoms with van der Waals surface area (Å²) in [5.41, 5.74) is 2.54. The molecule has 3 heterocycles. The maximum atomic E-state index is 13.5. The first-order chi connectivity index (χ1) is 16.3. The molecule has 0 radical (unpaired) electrons. The van der Waals surface area contributed by atoms with E-state index in [-0.39, 0.29) is 12.1 Å². The number of benzene rings is 2. The van der Waals surface area contributed by atoms with Gasteiger partial charge in [0.25, 0.3) is 5.56 Å². The van der Waals surface area contributed by atoms with Crippen molar-refractivity contribution in [2.45, 2.75) is 32.2 Å². The Labute approximate surface area is 192 Å². The molecule has 0 saturated heterocycles. The first kappa shape index (κ1) is 21.9. The van der Waals surface area contributed by atoms with Gasteiger partial charge < -0.3 is 0 Å². The summed E-state index contributed by atoms with van der Waals surface area (Å²) >= 11 is 0. The van der Waals surface area contributed by atoms with Gasteiger partial charge in [-0.2, -0.15) is 28.5 Å². The molecule has 7 nitrogen and oxygen atoms in total. The Kier molecular flexibility index (Phi) is 5.42. The second-order valence-corrected chi connectivity index (χ2v) is 8.26. The topological polar surface area (TPSA) is 79.2 Å². The molecule has 0 bridgehead atoms. The van der Waals surface area contributed by atoms with Crippen LogP contribution in [0.3, 0.4) is 0 Å². The molecule has 0 unspecified atom stereocenters. The molecular weight excluding hydrogens is 445 g/mol. The molecule has 0 N–H and O–H groups in total. The largest absolute Gasteiger partial charge is 0.416 e. The molecule has 10 heteroatoms. The summed E-state index contributed by atoms with van der Waals surface area (Å²) in [5.74, 6) is 0.360. The van der Waals surface area contributed by atoms with Crippen molar-refractivity contribution in [3.05, 3.63) is 98.7 Å². The van der Waals surface area contributed by atoms with Gasteiger partial charge in [-0.15, -0.1) is 0 Å². The van der Waals surface area contributed by atoms with Crippen LogP contribution in [-0.2, 0) is 32.2 Å². The summed E-state index contributed by atoms with van der Waals surface area (Å²) in [7, 11) is 0. The molecule has 4 aromatic rings. The summed E-state index contributed by atoms with van der Waals surface area (Å²) in [5, 5.41) is 13.4. The van der Waals surface area contributed by atoms with Crippen molar-refractivity contribution in [2.24, 2.45) is 0 Å². The zero-order valence-corrected chi connectivity index (χ0v) is 18.0. The molecule has 0 aliphatic carbocycles. The van der Waals surface area contributed by atoms with Crippen LogP contribution in [-0.4, -0.2) is 30.6 Å². The molecule has 5 rings (SSSR count). The second-order valence-electron chi connectivity index (χ2n) is 8.26. The number of fused-ring (bicyclic) bond motifs is 3. The quantitative estimate of drug-likeness (QED) is 0.463. The third-order valence-corrected chi connectivity index (χ3v) is 6.01. The van der Waals surface area contributed by atoms with E-state index in [9.17, 15) is 18.0 Å². The Morgan fingerprint density at radius 1 is 1.06 bits per heavy atom. The van der Waals surface area contributed by atoms with Gasteiger partial charge in [0.15, 0.2) is 0 Å². The number of nitrogens with zero attached hydrogens (tertiary/aromatic N) is 6. The third kappa shape index (κ3) is 4.06. The lowest BCUT2D eigenvalue weighted by molar-refractivity contribution is -0.137. The lowest BCUT2D eigenvalue weighted by atomic mass is 10.0. The lowest BCUT2D eigenvalue weighted by Crippen LogP contribution is -2.39. The number of nitriles is 1. The minimum atomic E-state index is -4.42. The summed E-state index contributed by atoms with van der Waals surface area (Å²) < 4.78 is 41.8. The standard InChI is InChI=1S/C24H19F3N6O/c25-24(26,27)19-6-4-16(5-7-19)13-32-22(34)20-14-31(12-18-3-1-2-17(10-18)11-28)9-8-21(20)33-23(32)29-15-30-33/h1-7,10,15H,8-9,12-14H2. The normalized spacial score (nSPS) is 14.2. The minimum absolute atomic E-state index is 0.0800. The first-order valence-electron chi connectivity index (χ1n) is 10.7. The van der Waals surface area contributed by atoms with Gasteiger partial charge in [0, 0.05) is 26.1 Å². The molecular formula is C24H19F3N6O. The van der Waals surface area contributed by atoms with E-state index in [1.54, 1.807) is 10.6 Å². The van der Waals surface area contributed by atoms with E-state index in [0.29, 0.717) is 48.5 Å². The highest BCUT2D eigenvalue weighted by Crippen LogP contribution is 2.29. The zero-order chi connectivity index (χ0) is 23.9. The maximum Gasteiger partial charge on any atom is 0.416 e. The highest BCUT2D eigenvalue weighted by Gasteiger charge is 2.30. The highest BCUT2D eigenvalue weighted by molar-refractivity contribution is 5.37. The van der Waals surface area contributed by atoms with Crippen LogP contribution in [0.25, 0.3) is 5.78 Å². The van der Waals surface area contributed by atoms with Crippen molar-refractivity contribution < 1.29 is 13.2 Å². The van der Waals surface area contributed by atoms with Crippen LogP contribution in [0.5, 0.6) is 0 Å². The van der Waals surface area contributed by atoms with Crippen LogP contribution >= 0.6 is 0 Å². The number of alkyl halides is 3. The van der Waals surface area contributed by atoms with Crippen LogP contribution in [0.4, 0.5) is 13.2 Å². The van der Waals surface area contributed by atoms with Gasteiger partial charge in [-0.1, -0.05) is 24.3 Å². The van der Waals surface area contributed by atoms with E-state index in [4.69, 9.17) is 5.26 Å². The van der Waals surface area contributed by atoms with Crippen LogP contribution in [0.1, 0.15) is 33.5 Å². The van der Waals surface area contributed by atoms with Crippen LogP contribution < -0.4 is 5.56 Å². The van der Waals surface area contributed by atoms with Crippen LogP contribution in [0.2, 0.25) is 0 Å². The van der Waals surface area contributed by atoms with Gasteiger partial charge in [0.1, 0.15) is 6.33 Å². The lowest BCUT2D eigenvalue weighted by Gasteiger charge is -2.29. The van der Waals surface area contributed by atoms with Gasteiger partial charge in [-0.3, -0.25) is 14.3 Å². The minimum Gasteiger partial charge on any atom is -0.294 e. The molecule has 2 aromatic heterocycles. The third-order valence-electron chi connectivity index (χ3n) is 6.01.